The van der Waals surface area contributed by atoms with Crippen LogP contribution in [0.15, 0.2) is 47.4 Å². The molecule has 0 fully saturated rings. The van der Waals surface area contributed by atoms with Crippen LogP contribution in [0.3, 0.4) is 0 Å². The molecule has 6 heteroatoms. The van der Waals surface area contributed by atoms with Gasteiger partial charge >= 0.3 is 0 Å². The van der Waals surface area contributed by atoms with Crippen LogP contribution in [-0.2, 0) is 10.0 Å². The molecule has 2 aromatic carbocycles. The topological polar surface area (TPSA) is 75.3 Å². The van der Waals surface area contributed by atoms with Gasteiger partial charge in [0.25, 0.3) is 15.9 Å². The van der Waals surface area contributed by atoms with E-state index in [1.807, 2.05) is 33.8 Å². The first-order chi connectivity index (χ1) is 11.2. The number of carbonyl (C=O) groups is 1. The van der Waals surface area contributed by atoms with Gasteiger partial charge in [0.15, 0.2) is 0 Å². The van der Waals surface area contributed by atoms with Crippen molar-refractivity contribution in [3.05, 3.63) is 59.2 Å². The van der Waals surface area contributed by atoms with Crippen molar-refractivity contribution in [1.82, 2.24) is 5.32 Å². The second-order valence-electron chi connectivity index (χ2n) is 6.01. The molecule has 0 unspecified atom stereocenters. The maximum atomic E-state index is 12.6. The molecular weight excluding hydrogens is 324 g/mol. The zero-order valence-electron chi connectivity index (χ0n) is 14.3. The lowest BCUT2D eigenvalue weighted by atomic mass is 10.1. The first kappa shape index (κ1) is 18.0. The summed E-state index contributed by atoms with van der Waals surface area (Å²) in [5.74, 6) is -0.297. The van der Waals surface area contributed by atoms with Crippen molar-refractivity contribution in [1.29, 1.82) is 0 Å². The highest BCUT2D eigenvalue weighted by Gasteiger charge is 2.18. The molecule has 0 atom stereocenters. The molecule has 0 radical (unpaired) electrons. The Hall–Kier alpha value is -2.34. The highest BCUT2D eigenvalue weighted by molar-refractivity contribution is 7.92. The van der Waals surface area contributed by atoms with Crippen LogP contribution in [0.4, 0.5) is 5.69 Å². The Kier molecular flexibility index (Phi) is 5.29. The lowest BCUT2D eigenvalue weighted by molar-refractivity contribution is 0.0943. The van der Waals surface area contributed by atoms with Crippen LogP contribution in [0.2, 0.25) is 0 Å². The molecule has 24 heavy (non-hydrogen) atoms. The molecule has 0 aliphatic rings. The van der Waals surface area contributed by atoms with Crippen molar-refractivity contribution in [2.75, 3.05) is 4.72 Å². The van der Waals surface area contributed by atoms with E-state index >= 15 is 0 Å². The Morgan fingerprint density at radius 1 is 1.04 bits per heavy atom. The standard InChI is InChI=1S/C18H22N2O3S/c1-12(2)19-18(21)15-8-6-9-16(11-15)24(22,23)20-17-10-5-7-13(3)14(17)4/h5-12,20H,1-4H3,(H,19,21). The molecule has 0 bridgehead atoms. The van der Waals surface area contributed by atoms with Crippen LogP contribution in [-0.4, -0.2) is 20.4 Å². The minimum absolute atomic E-state index is 0.0224. The minimum Gasteiger partial charge on any atom is -0.350 e. The summed E-state index contributed by atoms with van der Waals surface area (Å²) in [6.45, 7) is 7.48. The van der Waals surface area contributed by atoms with E-state index in [1.54, 1.807) is 24.3 Å². The molecule has 2 aromatic rings. The lowest BCUT2D eigenvalue weighted by Crippen LogP contribution is -2.30. The number of aryl methyl sites for hydroxylation is 1. The number of nitrogens with one attached hydrogen (secondary N) is 2. The molecule has 128 valence electrons. The third-order valence-corrected chi connectivity index (χ3v) is 5.04. The summed E-state index contributed by atoms with van der Waals surface area (Å²) in [5.41, 5.74) is 2.72. The van der Waals surface area contributed by atoms with E-state index in [2.05, 4.69) is 10.0 Å². The van der Waals surface area contributed by atoms with Crippen molar-refractivity contribution in [3.8, 4) is 0 Å². The van der Waals surface area contributed by atoms with Gasteiger partial charge in [0.05, 0.1) is 10.6 Å². The van der Waals surface area contributed by atoms with E-state index in [1.165, 1.54) is 12.1 Å². The number of hydrogen-bond donors (Lipinski definition) is 2. The first-order valence-corrected chi connectivity index (χ1v) is 9.19. The predicted octanol–water partition coefficient (Wildman–Crippen LogP) is 3.24. The second kappa shape index (κ2) is 7.05. The normalized spacial score (nSPS) is 11.4. The molecule has 0 aromatic heterocycles. The number of hydrogen-bond acceptors (Lipinski definition) is 3. The van der Waals surface area contributed by atoms with E-state index < -0.39 is 10.0 Å². The van der Waals surface area contributed by atoms with Crippen molar-refractivity contribution in [2.24, 2.45) is 0 Å². The summed E-state index contributed by atoms with van der Waals surface area (Å²) in [4.78, 5) is 12.1. The Morgan fingerprint density at radius 3 is 2.38 bits per heavy atom. The molecule has 0 aliphatic heterocycles. The number of rotatable bonds is 5. The maximum absolute atomic E-state index is 12.6. The zero-order valence-corrected chi connectivity index (χ0v) is 15.1. The van der Waals surface area contributed by atoms with Gasteiger partial charge in [-0.1, -0.05) is 18.2 Å². The van der Waals surface area contributed by atoms with Gasteiger partial charge in [-0.05, 0) is 63.1 Å². The zero-order chi connectivity index (χ0) is 17.9. The summed E-state index contributed by atoms with van der Waals surface area (Å²) in [6, 6.07) is 11.4. The average Bonchev–Trinajstić information content (AvgIpc) is 2.51. The third kappa shape index (κ3) is 4.14. The van der Waals surface area contributed by atoms with Crippen LogP contribution in [0.25, 0.3) is 0 Å². The summed E-state index contributed by atoms with van der Waals surface area (Å²) in [7, 11) is -3.77. The number of sulfonamides is 1. The Bertz CT molecular complexity index is 858. The van der Waals surface area contributed by atoms with Gasteiger partial charge < -0.3 is 5.32 Å². The average molecular weight is 346 g/mol. The molecule has 2 rings (SSSR count). The van der Waals surface area contributed by atoms with Gasteiger partial charge in [0.2, 0.25) is 0 Å². The van der Waals surface area contributed by atoms with Crippen LogP contribution in [0.5, 0.6) is 0 Å². The quantitative estimate of drug-likeness (QED) is 0.873. The predicted molar refractivity (Wildman–Crippen MR) is 95.8 cm³/mol. The summed E-state index contributed by atoms with van der Waals surface area (Å²) < 4.78 is 27.8. The molecule has 2 N–H and O–H groups in total. The fraction of sp³-hybridized carbons (Fsp3) is 0.278. The minimum atomic E-state index is -3.77. The Labute approximate surface area is 143 Å². The monoisotopic (exact) mass is 346 g/mol. The van der Waals surface area contributed by atoms with Crippen molar-refractivity contribution in [3.63, 3.8) is 0 Å². The van der Waals surface area contributed by atoms with Gasteiger partial charge in [0.1, 0.15) is 0 Å². The molecule has 0 saturated heterocycles. The number of carbonyl (C=O) groups excluding carboxylic acids is 1. The number of benzene rings is 2. The fourth-order valence-electron chi connectivity index (χ4n) is 2.22. The van der Waals surface area contributed by atoms with E-state index in [0.717, 1.165) is 11.1 Å². The van der Waals surface area contributed by atoms with Gasteiger partial charge in [-0.15, -0.1) is 0 Å². The molecule has 5 nitrogen and oxygen atoms in total. The number of amides is 1. The Morgan fingerprint density at radius 2 is 1.71 bits per heavy atom. The maximum Gasteiger partial charge on any atom is 0.261 e. The van der Waals surface area contributed by atoms with Crippen LogP contribution in [0.1, 0.15) is 35.3 Å². The summed E-state index contributed by atoms with van der Waals surface area (Å²) >= 11 is 0. The second-order valence-corrected chi connectivity index (χ2v) is 7.69. The number of anilines is 1. The van der Waals surface area contributed by atoms with Crippen LogP contribution < -0.4 is 10.0 Å². The molecule has 0 saturated carbocycles. The first-order valence-electron chi connectivity index (χ1n) is 7.70. The van der Waals surface area contributed by atoms with Crippen molar-refractivity contribution in [2.45, 2.75) is 38.6 Å². The van der Waals surface area contributed by atoms with Gasteiger partial charge in [-0.3, -0.25) is 9.52 Å². The van der Waals surface area contributed by atoms with Crippen LogP contribution >= 0.6 is 0 Å². The van der Waals surface area contributed by atoms with Crippen molar-refractivity contribution >= 4 is 21.6 Å². The SMILES string of the molecule is Cc1cccc(NS(=O)(=O)c2cccc(C(=O)NC(C)C)c2)c1C. The lowest BCUT2D eigenvalue weighted by Gasteiger charge is -2.13. The van der Waals surface area contributed by atoms with E-state index in [0.29, 0.717) is 11.3 Å². The highest BCUT2D eigenvalue weighted by Crippen LogP contribution is 2.22. The van der Waals surface area contributed by atoms with Gasteiger partial charge in [-0.2, -0.15) is 0 Å². The summed E-state index contributed by atoms with van der Waals surface area (Å²) in [5, 5.41) is 2.75. The fourth-order valence-corrected chi connectivity index (χ4v) is 3.38. The highest BCUT2D eigenvalue weighted by atomic mass is 32.2. The van der Waals surface area contributed by atoms with Gasteiger partial charge in [0, 0.05) is 11.6 Å². The molecule has 0 aliphatic carbocycles. The van der Waals surface area contributed by atoms with E-state index in [4.69, 9.17) is 0 Å². The van der Waals surface area contributed by atoms with Gasteiger partial charge in [-0.25, -0.2) is 8.42 Å². The molecule has 0 heterocycles. The van der Waals surface area contributed by atoms with Crippen LogP contribution in [0, 0.1) is 13.8 Å². The van der Waals surface area contributed by atoms with E-state index in [9.17, 15) is 13.2 Å². The molecule has 0 spiro atoms. The van der Waals surface area contributed by atoms with E-state index in [-0.39, 0.29) is 16.8 Å². The molecular formula is C18H22N2O3S. The van der Waals surface area contributed by atoms with Crippen molar-refractivity contribution < 1.29 is 13.2 Å². The Balaban J connectivity index is 2.33. The third-order valence-electron chi connectivity index (χ3n) is 3.68. The smallest absolute Gasteiger partial charge is 0.261 e. The largest absolute Gasteiger partial charge is 0.350 e. The summed E-state index contributed by atoms with van der Waals surface area (Å²) in [6.07, 6.45) is 0. The molecule has 1 amide bonds.